The van der Waals surface area contributed by atoms with Gasteiger partial charge in [-0.2, -0.15) is 0 Å². The molecule has 1 nitrogen and oxygen atoms in total. The lowest BCUT2D eigenvalue weighted by Crippen LogP contribution is -2.33. The van der Waals surface area contributed by atoms with E-state index in [1.165, 1.54) is 34.1 Å². The van der Waals surface area contributed by atoms with Gasteiger partial charge in [-0.15, -0.1) is 11.3 Å². The Balaban J connectivity index is 2.34. The van der Waals surface area contributed by atoms with Crippen LogP contribution in [0.1, 0.15) is 51.7 Å². The van der Waals surface area contributed by atoms with Gasteiger partial charge in [0.2, 0.25) is 0 Å². The minimum absolute atomic E-state index is 0.287. The van der Waals surface area contributed by atoms with E-state index < -0.39 is 0 Å². The highest BCUT2D eigenvalue weighted by molar-refractivity contribution is 7.22. The average Bonchev–Trinajstić information content (AvgIpc) is 2.62. The molecule has 0 aliphatic heterocycles. The lowest BCUT2D eigenvalue weighted by molar-refractivity contribution is 0.332. The number of nitrogen functional groups attached to an aromatic ring is 1. The van der Waals surface area contributed by atoms with E-state index in [2.05, 4.69) is 45.9 Å². The monoisotopic (exact) mass is 259 g/mol. The molecule has 2 N–H and O–H groups in total. The van der Waals surface area contributed by atoms with Gasteiger partial charge in [0.15, 0.2) is 0 Å². The molecule has 0 unspecified atom stereocenters. The number of hydrogen-bond acceptors (Lipinski definition) is 2. The molecule has 18 heavy (non-hydrogen) atoms. The van der Waals surface area contributed by atoms with Crippen LogP contribution in [0.15, 0.2) is 18.2 Å². The fourth-order valence-corrected chi connectivity index (χ4v) is 3.97. The van der Waals surface area contributed by atoms with Gasteiger partial charge in [0.25, 0.3) is 0 Å². The van der Waals surface area contributed by atoms with Gasteiger partial charge in [0, 0.05) is 4.70 Å². The van der Waals surface area contributed by atoms with Crippen molar-refractivity contribution in [3.05, 3.63) is 29.3 Å². The molecule has 1 aromatic heterocycles. The van der Waals surface area contributed by atoms with Crippen LogP contribution in [0.5, 0.6) is 0 Å². The summed E-state index contributed by atoms with van der Waals surface area (Å²) in [5.41, 5.74) is 9.56. The standard InChI is InChI=1S/C16H21NS/c1-15(2)5-6-16(3,4)12-9-13-10(7-11(12)15)8-14(17)18-13/h7-9H,5-6,17H2,1-4H3. The van der Waals surface area contributed by atoms with Gasteiger partial charge in [-0.25, -0.2) is 0 Å². The Labute approximate surface area is 113 Å². The normalized spacial score (nSPS) is 20.9. The number of rotatable bonds is 0. The van der Waals surface area contributed by atoms with Crippen LogP contribution in [0, 0.1) is 0 Å². The summed E-state index contributed by atoms with van der Waals surface area (Å²) >= 11 is 1.70. The Kier molecular flexibility index (Phi) is 2.34. The van der Waals surface area contributed by atoms with E-state index in [1.807, 2.05) is 0 Å². The van der Waals surface area contributed by atoms with Gasteiger partial charge in [0.05, 0.1) is 5.00 Å². The third-order valence-corrected chi connectivity index (χ3v) is 5.44. The zero-order valence-corrected chi connectivity index (χ0v) is 12.4. The molecule has 1 aromatic carbocycles. The van der Waals surface area contributed by atoms with Crippen LogP contribution in [0.25, 0.3) is 10.1 Å². The highest BCUT2D eigenvalue weighted by Crippen LogP contribution is 2.47. The minimum atomic E-state index is 0.287. The Morgan fingerprint density at radius 2 is 1.50 bits per heavy atom. The molecule has 2 heteroatoms. The van der Waals surface area contributed by atoms with Crippen molar-refractivity contribution < 1.29 is 0 Å². The van der Waals surface area contributed by atoms with Gasteiger partial charge < -0.3 is 5.73 Å². The number of thiophene rings is 1. The summed E-state index contributed by atoms with van der Waals surface area (Å²) in [6, 6.07) is 6.86. The zero-order chi connectivity index (χ0) is 13.1. The smallest absolute Gasteiger partial charge is 0.0868 e. The molecule has 3 rings (SSSR count). The highest BCUT2D eigenvalue weighted by atomic mass is 32.1. The summed E-state index contributed by atoms with van der Waals surface area (Å²) in [6.07, 6.45) is 2.53. The van der Waals surface area contributed by atoms with Crippen LogP contribution in [0.2, 0.25) is 0 Å². The van der Waals surface area contributed by atoms with Crippen LogP contribution in [0.4, 0.5) is 5.00 Å². The second-order valence-electron chi connectivity index (χ2n) is 6.85. The first-order valence-electron chi connectivity index (χ1n) is 6.64. The lowest BCUT2D eigenvalue weighted by Gasteiger charge is -2.41. The van der Waals surface area contributed by atoms with Crippen molar-refractivity contribution >= 4 is 26.4 Å². The molecular weight excluding hydrogens is 238 g/mol. The first-order chi connectivity index (χ1) is 8.29. The van der Waals surface area contributed by atoms with Crippen molar-refractivity contribution in [1.82, 2.24) is 0 Å². The Morgan fingerprint density at radius 3 is 2.11 bits per heavy atom. The summed E-state index contributed by atoms with van der Waals surface area (Å²) < 4.78 is 1.33. The maximum Gasteiger partial charge on any atom is 0.0868 e. The van der Waals surface area contributed by atoms with Crippen LogP contribution < -0.4 is 5.73 Å². The molecule has 96 valence electrons. The number of fused-ring (bicyclic) bond motifs is 2. The topological polar surface area (TPSA) is 26.0 Å². The van der Waals surface area contributed by atoms with E-state index in [9.17, 15) is 0 Å². The molecule has 1 heterocycles. The fraction of sp³-hybridized carbons (Fsp3) is 0.500. The third-order valence-electron chi connectivity index (χ3n) is 4.51. The Bertz CT molecular complexity index is 566. The largest absolute Gasteiger partial charge is 0.391 e. The van der Waals surface area contributed by atoms with E-state index in [4.69, 9.17) is 5.73 Å². The van der Waals surface area contributed by atoms with E-state index in [1.54, 1.807) is 11.3 Å². The molecule has 1 aliphatic rings. The van der Waals surface area contributed by atoms with Crippen LogP contribution in [-0.4, -0.2) is 0 Å². The number of nitrogens with two attached hydrogens (primary N) is 1. The molecule has 0 fully saturated rings. The predicted molar refractivity (Wildman–Crippen MR) is 81.5 cm³/mol. The maximum absolute atomic E-state index is 5.94. The van der Waals surface area contributed by atoms with Crippen molar-refractivity contribution in [1.29, 1.82) is 0 Å². The molecule has 0 saturated carbocycles. The maximum atomic E-state index is 5.94. The Morgan fingerprint density at radius 1 is 0.944 bits per heavy atom. The van der Waals surface area contributed by atoms with Crippen molar-refractivity contribution in [3.8, 4) is 0 Å². The summed E-state index contributed by atoms with van der Waals surface area (Å²) in [5.74, 6) is 0. The van der Waals surface area contributed by atoms with E-state index in [0.29, 0.717) is 0 Å². The highest BCUT2D eigenvalue weighted by Gasteiger charge is 2.37. The first-order valence-corrected chi connectivity index (χ1v) is 7.45. The fourth-order valence-electron chi connectivity index (χ4n) is 3.12. The van der Waals surface area contributed by atoms with Gasteiger partial charge >= 0.3 is 0 Å². The summed E-state index contributed by atoms with van der Waals surface area (Å²) in [6.45, 7) is 9.46. The van der Waals surface area contributed by atoms with E-state index in [0.717, 1.165) is 5.00 Å². The van der Waals surface area contributed by atoms with Gasteiger partial charge in [-0.3, -0.25) is 0 Å². The predicted octanol–water partition coefficient (Wildman–Crippen LogP) is 4.83. The Hall–Kier alpha value is -1.02. The molecule has 0 radical (unpaired) electrons. The van der Waals surface area contributed by atoms with Gasteiger partial charge in [-0.1, -0.05) is 27.7 Å². The molecule has 0 spiro atoms. The second-order valence-corrected chi connectivity index (χ2v) is 7.97. The van der Waals surface area contributed by atoms with Crippen molar-refractivity contribution in [3.63, 3.8) is 0 Å². The average molecular weight is 259 g/mol. The second kappa shape index (κ2) is 3.51. The quantitative estimate of drug-likeness (QED) is 0.720. The molecular formula is C16H21NS. The van der Waals surface area contributed by atoms with Crippen LogP contribution in [0.3, 0.4) is 0 Å². The SMILES string of the molecule is CC1(C)CCC(C)(C)c2cc3sc(N)cc3cc21. The number of benzene rings is 1. The zero-order valence-electron chi connectivity index (χ0n) is 11.6. The first kappa shape index (κ1) is 12.0. The number of anilines is 1. The van der Waals surface area contributed by atoms with Crippen molar-refractivity contribution in [2.75, 3.05) is 5.73 Å². The minimum Gasteiger partial charge on any atom is -0.391 e. The third kappa shape index (κ3) is 1.66. The van der Waals surface area contributed by atoms with Crippen LogP contribution >= 0.6 is 11.3 Å². The molecule has 1 aliphatic carbocycles. The van der Waals surface area contributed by atoms with Crippen molar-refractivity contribution in [2.24, 2.45) is 0 Å². The van der Waals surface area contributed by atoms with Gasteiger partial charge in [0.1, 0.15) is 0 Å². The van der Waals surface area contributed by atoms with Gasteiger partial charge in [-0.05, 0) is 58.4 Å². The van der Waals surface area contributed by atoms with Crippen LogP contribution in [-0.2, 0) is 10.8 Å². The molecule has 0 atom stereocenters. The molecule has 2 aromatic rings. The molecule has 0 amide bonds. The van der Waals surface area contributed by atoms with Crippen molar-refractivity contribution in [2.45, 2.75) is 51.4 Å². The number of hydrogen-bond donors (Lipinski definition) is 1. The molecule has 0 bridgehead atoms. The lowest BCUT2D eigenvalue weighted by atomic mass is 9.63. The van der Waals surface area contributed by atoms with E-state index >= 15 is 0 Å². The summed E-state index contributed by atoms with van der Waals surface area (Å²) in [5, 5.41) is 2.23. The summed E-state index contributed by atoms with van der Waals surface area (Å²) in [4.78, 5) is 0. The molecule has 0 saturated heterocycles. The van der Waals surface area contributed by atoms with E-state index in [-0.39, 0.29) is 10.8 Å². The summed E-state index contributed by atoms with van der Waals surface area (Å²) in [7, 11) is 0.